The Morgan fingerprint density at radius 1 is 1.08 bits per heavy atom. The summed E-state index contributed by atoms with van der Waals surface area (Å²) in [5, 5.41) is 19.7. The largest absolute Gasteiger partial charge is 0.508 e. The van der Waals surface area contributed by atoms with Gasteiger partial charge < -0.3 is 10.2 Å². The minimum absolute atomic E-state index is 0.157. The van der Waals surface area contributed by atoms with Crippen molar-refractivity contribution >= 4 is 13.3 Å². The van der Waals surface area contributed by atoms with Crippen LogP contribution in [0.4, 0.5) is 0 Å². The van der Waals surface area contributed by atoms with E-state index in [4.69, 9.17) is 0 Å². The van der Waals surface area contributed by atoms with Crippen molar-refractivity contribution in [3.05, 3.63) is 18.2 Å². The Kier molecular flexibility index (Phi) is 2.66. The van der Waals surface area contributed by atoms with Crippen LogP contribution in [0.2, 0.25) is 19.1 Å². The van der Waals surface area contributed by atoms with Crippen LogP contribution >= 0.6 is 0 Å². The standard InChI is InChI=1S/C10H16O2Si/c1-4-13(2,3)10-6-8(11)5-9(12)7-10/h5-7,11-12H,4H2,1-3H3. The minimum Gasteiger partial charge on any atom is -0.508 e. The fraction of sp³-hybridized carbons (Fsp3) is 0.400. The van der Waals surface area contributed by atoms with Gasteiger partial charge in [0.05, 0.1) is 8.07 Å². The zero-order valence-electron chi connectivity index (χ0n) is 8.33. The van der Waals surface area contributed by atoms with E-state index in [-0.39, 0.29) is 11.5 Å². The van der Waals surface area contributed by atoms with Crippen molar-refractivity contribution in [2.24, 2.45) is 0 Å². The molecule has 1 aromatic carbocycles. The maximum absolute atomic E-state index is 9.31. The van der Waals surface area contributed by atoms with E-state index < -0.39 is 8.07 Å². The fourth-order valence-electron chi connectivity index (χ4n) is 1.19. The highest BCUT2D eigenvalue weighted by Crippen LogP contribution is 2.19. The highest BCUT2D eigenvalue weighted by Gasteiger charge is 2.21. The number of phenolic OH excluding ortho intramolecular Hbond substituents is 2. The van der Waals surface area contributed by atoms with Crippen LogP contribution in [0.5, 0.6) is 11.5 Å². The van der Waals surface area contributed by atoms with E-state index in [1.165, 1.54) is 6.07 Å². The third-order valence-electron chi connectivity index (χ3n) is 2.57. The highest BCUT2D eigenvalue weighted by atomic mass is 28.3. The summed E-state index contributed by atoms with van der Waals surface area (Å²) in [6.07, 6.45) is 0. The van der Waals surface area contributed by atoms with Crippen molar-refractivity contribution in [1.29, 1.82) is 0 Å². The lowest BCUT2D eigenvalue weighted by Crippen LogP contribution is -2.40. The lowest BCUT2D eigenvalue weighted by molar-refractivity contribution is 0.451. The van der Waals surface area contributed by atoms with Gasteiger partial charge in [0, 0.05) is 6.07 Å². The molecule has 0 heterocycles. The summed E-state index contributed by atoms with van der Waals surface area (Å²) in [5.74, 6) is 0.313. The Balaban J connectivity index is 3.15. The predicted molar refractivity (Wildman–Crippen MR) is 57.4 cm³/mol. The summed E-state index contributed by atoms with van der Waals surface area (Å²) in [6.45, 7) is 6.59. The molecule has 1 rings (SSSR count). The zero-order valence-corrected chi connectivity index (χ0v) is 9.33. The normalized spacial score (nSPS) is 11.6. The first kappa shape index (κ1) is 10.1. The second kappa shape index (κ2) is 3.42. The number of hydrogen-bond acceptors (Lipinski definition) is 2. The first-order valence-electron chi connectivity index (χ1n) is 4.49. The van der Waals surface area contributed by atoms with Gasteiger partial charge in [-0.1, -0.05) is 31.2 Å². The molecule has 0 unspecified atom stereocenters. The number of hydrogen-bond donors (Lipinski definition) is 2. The number of benzene rings is 1. The number of rotatable bonds is 2. The number of phenols is 2. The molecule has 0 atom stereocenters. The maximum Gasteiger partial charge on any atom is 0.119 e. The average molecular weight is 196 g/mol. The van der Waals surface area contributed by atoms with Gasteiger partial charge in [0.2, 0.25) is 0 Å². The molecule has 2 N–H and O–H groups in total. The Morgan fingerprint density at radius 2 is 1.54 bits per heavy atom. The van der Waals surface area contributed by atoms with E-state index in [0.717, 1.165) is 11.2 Å². The molecule has 0 bridgehead atoms. The van der Waals surface area contributed by atoms with Crippen LogP contribution in [-0.2, 0) is 0 Å². The Hall–Kier alpha value is -0.963. The van der Waals surface area contributed by atoms with Crippen LogP contribution in [-0.4, -0.2) is 18.3 Å². The van der Waals surface area contributed by atoms with Crippen LogP contribution in [0.25, 0.3) is 0 Å². The molecule has 72 valence electrons. The summed E-state index contributed by atoms with van der Waals surface area (Å²) in [4.78, 5) is 0. The van der Waals surface area contributed by atoms with Gasteiger partial charge in [-0.3, -0.25) is 0 Å². The van der Waals surface area contributed by atoms with Gasteiger partial charge in [0.1, 0.15) is 11.5 Å². The van der Waals surface area contributed by atoms with E-state index >= 15 is 0 Å². The van der Waals surface area contributed by atoms with Crippen molar-refractivity contribution < 1.29 is 10.2 Å². The molecule has 0 aliphatic carbocycles. The first-order chi connectivity index (χ1) is 5.95. The molecule has 0 spiro atoms. The summed E-state index contributed by atoms with van der Waals surface area (Å²) in [7, 11) is -1.44. The fourth-order valence-corrected chi connectivity index (χ4v) is 2.68. The molecule has 0 amide bonds. The maximum atomic E-state index is 9.31. The Labute approximate surface area is 79.9 Å². The molecular weight excluding hydrogens is 180 g/mol. The quantitative estimate of drug-likeness (QED) is 0.711. The number of aromatic hydroxyl groups is 2. The van der Waals surface area contributed by atoms with Gasteiger partial charge in [0.25, 0.3) is 0 Å². The summed E-state index contributed by atoms with van der Waals surface area (Å²) >= 11 is 0. The van der Waals surface area contributed by atoms with Gasteiger partial charge in [-0.25, -0.2) is 0 Å². The van der Waals surface area contributed by atoms with Crippen LogP contribution < -0.4 is 5.19 Å². The molecule has 0 saturated carbocycles. The monoisotopic (exact) mass is 196 g/mol. The molecule has 2 nitrogen and oxygen atoms in total. The summed E-state index contributed by atoms with van der Waals surface area (Å²) in [5.41, 5.74) is 0. The molecule has 1 aromatic rings. The first-order valence-corrected chi connectivity index (χ1v) is 7.70. The predicted octanol–water partition coefficient (Wildman–Crippen LogP) is 2.03. The average Bonchev–Trinajstić information content (AvgIpc) is 2.02. The van der Waals surface area contributed by atoms with Crippen molar-refractivity contribution in [2.45, 2.75) is 26.1 Å². The minimum atomic E-state index is -1.44. The third-order valence-corrected chi connectivity index (χ3v) is 6.19. The smallest absolute Gasteiger partial charge is 0.119 e. The van der Waals surface area contributed by atoms with Crippen molar-refractivity contribution in [1.82, 2.24) is 0 Å². The van der Waals surface area contributed by atoms with Gasteiger partial charge in [0.15, 0.2) is 0 Å². The zero-order chi connectivity index (χ0) is 10.1. The van der Waals surface area contributed by atoms with Gasteiger partial charge >= 0.3 is 0 Å². The third kappa shape index (κ3) is 2.25. The molecular formula is C10H16O2Si. The van der Waals surface area contributed by atoms with Crippen LogP contribution in [0.15, 0.2) is 18.2 Å². The van der Waals surface area contributed by atoms with Gasteiger partial charge in [-0.2, -0.15) is 0 Å². The summed E-state index contributed by atoms with van der Waals surface area (Å²) in [6, 6.07) is 5.99. The second-order valence-electron chi connectivity index (χ2n) is 3.98. The van der Waals surface area contributed by atoms with E-state index in [1.807, 2.05) is 0 Å². The van der Waals surface area contributed by atoms with Crippen LogP contribution in [0, 0.1) is 0 Å². The molecule has 0 fully saturated rings. The molecule has 13 heavy (non-hydrogen) atoms. The van der Waals surface area contributed by atoms with E-state index in [9.17, 15) is 10.2 Å². The van der Waals surface area contributed by atoms with E-state index in [2.05, 4.69) is 20.0 Å². The van der Waals surface area contributed by atoms with E-state index in [1.54, 1.807) is 12.1 Å². The van der Waals surface area contributed by atoms with E-state index in [0.29, 0.717) is 0 Å². The van der Waals surface area contributed by atoms with Gasteiger partial charge in [-0.15, -0.1) is 0 Å². The van der Waals surface area contributed by atoms with Gasteiger partial charge in [-0.05, 0) is 12.1 Å². The van der Waals surface area contributed by atoms with Crippen molar-refractivity contribution in [3.63, 3.8) is 0 Å². The Morgan fingerprint density at radius 3 is 1.92 bits per heavy atom. The second-order valence-corrected chi connectivity index (χ2v) is 9.03. The molecule has 0 aliphatic rings. The summed E-state index contributed by atoms with van der Waals surface area (Å²) < 4.78 is 0. The Bertz CT molecular complexity index is 288. The topological polar surface area (TPSA) is 40.5 Å². The molecule has 0 aliphatic heterocycles. The lowest BCUT2D eigenvalue weighted by Gasteiger charge is -2.20. The van der Waals surface area contributed by atoms with Crippen LogP contribution in [0.3, 0.4) is 0 Å². The molecule has 3 heteroatoms. The SMILES string of the molecule is CC[Si](C)(C)c1cc(O)cc(O)c1. The molecule has 0 radical (unpaired) electrons. The molecule has 0 aromatic heterocycles. The van der Waals surface area contributed by atoms with Crippen molar-refractivity contribution in [2.75, 3.05) is 0 Å². The molecule has 0 saturated heterocycles. The van der Waals surface area contributed by atoms with Crippen LogP contribution in [0.1, 0.15) is 6.92 Å². The van der Waals surface area contributed by atoms with Crippen molar-refractivity contribution in [3.8, 4) is 11.5 Å². The highest BCUT2D eigenvalue weighted by molar-refractivity contribution is 6.89. The lowest BCUT2D eigenvalue weighted by atomic mass is 10.3.